The highest BCUT2D eigenvalue weighted by Crippen LogP contribution is 2.64. The van der Waals surface area contributed by atoms with Crippen LogP contribution in [0.15, 0.2) is 115 Å². The maximum Gasteiger partial charge on any atom is 0.238 e. The lowest BCUT2D eigenvalue weighted by Gasteiger charge is -2.55. The molecule has 9 heteroatoms. The molecule has 0 spiro atoms. The molecule has 1 saturated carbocycles. The number of benzene rings is 4. The number of ketones is 2. The van der Waals surface area contributed by atoms with Gasteiger partial charge in [-0.1, -0.05) is 83.9 Å². The molecule has 1 saturated heterocycles. The number of ether oxygens (including phenoxy) is 1. The maximum absolute atomic E-state index is 15.2. The van der Waals surface area contributed by atoms with E-state index in [0.29, 0.717) is 43.0 Å². The van der Waals surface area contributed by atoms with Gasteiger partial charge in [0.25, 0.3) is 0 Å². The monoisotopic (exact) mass is 795 g/mol. The number of hydrogen-bond acceptors (Lipinski definition) is 6. The molecule has 3 aliphatic carbocycles. The minimum absolute atomic E-state index is 0.0281. The van der Waals surface area contributed by atoms with Crippen LogP contribution in [0.2, 0.25) is 5.02 Å². The molecule has 4 aromatic rings. The number of rotatable bonds is 5. The maximum atomic E-state index is 15.2. The topological polar surface area (TPSA) is 101 Å². The fraction of sp³-hybridized carbons (Fsp3) is 0.220. The van der Waals surface area contributed by atoms with E-state index in [0.717, 1.165) is 5.57 Å². The Morgan fingerprint density at radius 1 is 0.880 bits per heavy atom. The summed E-state index contributed by atoms with van der Waals surface area (Å²) in [7, 11) is 1.47. The fourth-order valence-corrected chi connectivity index (χ4v) is 9.76. The number of phenols is 1. The Hall–Kier alpha value is -4.54. The average molecular weight is 796 g/mol. The first kappa shape index (κ1) is 32.7. The summed E-state index contributed by atoms with van der Waals surface area (Å²) < 4.78 is 6.13. The Bertz CT molecular complexity index is 2150. The lowest BCUT2D eigenvalue weighted by molar-refractivity contribution is -0.135. The van der Waals surface area contributed by atoms with Gasteiger partial charge < -0.3 is 9.84 Å². The Kier molecular flexibility index (Phi) is 8.06. The zero-order chi connectivity index (χ0) is 34.9. The number of allylic oxidation sites excluding steroid dienone is 4. The molecule has 2 fully saturated rings. The van der Waals surface area contributed by atoms with Crippen molar-refractivity contribution in [2.75, 3.05) is 12.0 Å². The van der Waals surface area contributed by atoms with Crippen LogP contribution in [0.4, 0.5) is 5.69 Å². The average Bonchev–Trinajstić information content (AvgIpc) is 3.40. The number of imide groups is 1. The zero-order valence-corrected chi connectivity index (χ0v) is 29.8. The Labute approximate surface area is 307 Å². The van der Waals surface area contributed by atoms with E-state index in [4.69, 9.17) is 16.3 Å². The van der Waals surface area contributed by atoms with Crippen molar-refractivity contribution < 1.29 is 29.0 Å². The molecule has 6 atom stereocenters. The molecule has 250 valence electrons. The highest BCUT2D eigenvalue weighted by molar-refractivity contribution is 14.1. The van der Waals surface area contributed by atoms with Crippen LogP contribution in [-0.2, 0) is 24.6 Å². The summed E-state index contributed by atoms with van der Waals surface area (Å²) in [6.07, 6.45) is 4.02. The van der Waals surface area contributed by atoms with E-state index in [2.05, 4.69) is 0 Å². The van der Waals surface area contributed by atoms with Gasteiger partial charge in [0.1, 0.15) is 0 Å². The first-order valence-corrected chi connectivity index (χ1v) is 17.9. The summed E-state index contributed by atoms with van der Waals surface area (Å²) in [5, 5.41) is 11.4. The van der Waals surface area contributed by atoms with Gasteiger partial charge in [-0.2, -0.15) is 0 Å². The Morgan fingerprint density at radius 3 is 2.24 bits per heavy atom. The highest BCUT2D eigenvalue weighted by atomic mass is 127. The van der Waals surface area contributed by atoms with E-state index >= 15 is 9.59 Å². The van der Waals surface area contributed by atoms with E-state index in [1.54, 1.807) is 30.3 Å². The van der Waals surface area contributed by atoms with Crippen LogP contribution in [0, 0.1) is 27.2 Å². The summed E-state index contributed by atoms with van der Waals surface area (Å²) >= 11 is 8.19. The lowest BCUT2D eigenvalue weighted by atomic mass is 9.44. The van der Waals surface area contributed by atoms with Crippen molar-refractivity contribution in [1.82, 2.24) is 0 Å². The molecule has 0 bridgehead atoms. The number of halogens is 2. The van der Waals surface area contributed by atoms with Gasteiger partial charge in [-0.3, -0.25) is 24.1 Å². The Balaban J connectivity index is 1.38. The quantitative estimate of drug-likeness (QED) is 0.126. The lowest BCUT2D eigenvalue weighted by Crippen LogP contribution is -2.58. The van der Waals surface area contributed by atoms with Gasteiger partial charge in [0.2, 0.25) is 11.8 Å². The highest BCUT2D eigenvalue weighted by Gasteiger charge is 2.66. The minimum Gasteiger partial charge on any atom is -0.504 e. The van der Waals surface area contributed by atoms with Crippen LogP contribution >= 0.6 is 34.2 Å². The van der Waals surface area contributed by atoms with E-state index in [-0.39, 0.29) is 41.3 Å². The number of hydrogen-bond donors (Lipinski definition) is 1. The van der Waals surface area contributed by atoms with Crippen LogP contribution in [-0.4, -0.2) is 35.6 Å². The molecule has 0 aromatic heterocycles. The van der Waals surface area contributed by atoms with E-state index in [9.17, 15) is 14.7 Å². The van der Waals surface area contributed by atoms with Gasteiger partial charge in [-0.25, -0.2) is 0 Å². The third-order valence-electron chi connectivity index (χ3n) is 11.1. The van der Waals surface area contributed by atoms with Crippen molar-refractivity contribution in [3.05, 3.63) is 140 Å². The van der Waals surface area contributed by atoms with Crippen molar-refractivity contribution in [3.8, 4) is 11.5 Å². The molecule has 1 aliphatic heterocycles. The number of fused-ring (bicyclic) bond motifs is 4. The Morgan fingerprint density at radius 2 is 1.56 bits per heavy atom. The molecule has 8 rings (SSSR count). The van der Waals surface area contributed by atoms with E-state index in [1.807, 2.05) is 95.4 Å². The van der Waals surface area contributed by atoms with Gasteiger partial charge in [0.05, 0.1) is 33.6 Å². The fourth-order valence-electron chi connectivity index (χ4n) is 9.01. The number of phenolic OH excluding ortho intramolecular Hbond substituents is 1. The number of carbonyl (C=O) groups is 4. The molecule has 4 aromatic carbocycles. The molecular formula is C41H31ClINO6. The standard InChI is InChI=1S/C41H31ClINO6/c1-50-33-19-23(18-32(43)38(33)47)36-27-16-17-28-35(40(49)44(39(28)48)26-14-12-25(42)13-15-26)30(27)20-31-37(46)29(22-8-4-2-5-9-22)21-34(45)41(31,36)24-10-6-3-7-11-24/h2-16,18-19,21,28,30-31,35-36,47H,17,20H2,1H3/t28-,30+,31-,35-,36-,41-/m0/s1. The molecule has 2 amide bonds. The molecule has 7 nitrogen and oxygen atoms in total. The third-order valence-corrected chi connectivity index (χ3v) is 12.1. The number of nitrogens with zero attached hydrogens (tertiary/aromatic N) is 1. The summed E-state index contributed by atoms with van der Waals surface area (Å²) in [6, 6.07) is 28.8. The van der Waals surface area contributed by atoms with Crippen LogP contribution in [0.5, 0.6) is 11.5 Å². The van der Waals surface area contributed by atoms with Gasteiger partial charge in [0.15, 0.2) is 23.1 Å². The van der Waals surface area contributed by atoms with Crippen molar-refractivity contribution in [2.24, 2.45) is 23.7 Å². The summed E-state index contributed by atoms with van der Waals surface area (Å²) in [5.74, 6) is -4.25. The van der Waals surface area contributed by atoms with Crippen molar-refractivity contribution in [1.29, 1.82) is 0 Å². The van der Waals surface area contributed by atoms with Gasteiger partial charge in [0, 0.05) is 22.4 Å². The largest absolute Gasteiger partial charge is 0.504 e. The van der Waals surface area contributed by atoms with E-state index < -0.39 is 35.0 Å². The molecule has 1 heterocycles. The summed E-state index contributed by atoms with van der Waals surface area (Å²) in [6.45, 7) is 0. The second-order valence-electron chi connectivity index (χ2n) is 13.3. The van der Waals surface area contributed by atoms with Crippen molar-refractivity contribution >= 4 is 68.8 Å². The first-order valence-electron chi connectivity index (χ1n) is 16.5. The van der Waals surface area contributed by atoms with Gasteiger partial charge >= 0.3 is 0 Å². The van der Waals surface area contributed by atoms with E-state index in [1.165, 1.54) is 18.1 Å². The van der Waals surface area contributed by atoms with Crippen LogP contribution in [0.3, 0.4) is 0 Å². The minimum atomic E-state index is -1.38. The SMILES string of the molecule is COc1cc([C@H]2C3=CC[C@@H]4C(=O)N(c5ccc(Cl)cc5)C(=O)[C@@H]4[C@@H]3C[C@H]3C(=O)C(c4ccccc4)=CC(=O)[C@@]23c2ccccc2)cc(I)c1O. The molecular weight excluding hydrogens is 765 g/mol. The predicted molar refractivity (Wildman–Crippen MR) is 198 cm³/mol. The number of methoxy groups -OCH3 is 1. The van der Waals surface area contributed by atoms with Gasteiger partial charge in [-0.15, -0.1) is 0 Å². The van der Waals surface area contributed by atoms with Crippen molar-refractivity contribution in [3.63, 3.8) is 0 Å². The molecule has 50 heavy (non-hydrogen) atoms. The third kappa shape index (κ3) is 4.75. The number of amides is 2. The molecule has 4 aliphatic rings. The first-order chi connectivity index (χ1) is 24.2. The second kappa shape index (κ2) is 12.3. The van der Waals surface area contributed by atoms with Crippen LogP contribution in [0.1, 0.15) is 35.4 Å². The number of anilines is 1. The zero-order valence-electron chi connectivity index (χ0n) is 26.9. The second-order valence-corrected chi connectivity index (χ2v) is 14.9. The summed E-state index contributed by atoms with van der Waals surface area (Å²) in [5.41, 5.74) is 2.26. The molecule has 0 radical (unpaired) electrons. The molecule has 1 N–H and O–H groups in total. The van der Waals surface area contributed by atoms with Crippen LogP contribution < -0.4 is 9.64 Å². The number of aromatic hydroxyl groups is 1. The smallest absolute Gasteiger partial charge is 0.238 e. The normalized spacial score (nSPS) is 27.3. The van der Waals surface area contributed by atoms with Gasteiger partial charge in [-0.05, 0) is 101 Å². The summed E-state index contributed by atoms with van der Waals surface area (Å²) in [4.78, 5) is 60.0. The number of Topliss-reactive ketones (excluding diaryl/α,β-unsaturated/α-hetero) is 1. The van der Waals surface area contributed by atoms with Crippen molar-refractivity contribution in [2.45, 2.75) is 24.2 Å². The van der Waals surface area contributed by atoms with Crippen LogP contribution in [0.25, 0.3) is 5.57 Å². The molecule has 0 unspecified atom stereocenters. The number of carbonyl (C=O) groups excluding carboxylic acids is 4. The predicted octanol–water partition coefficient (Wildman–Crippen LogP) is 7.69.